The van der Waals surface area contributed by atoms with E-state index in [1.807, 2.05) is 6.92 Å². The minimum absolute atomic E-state index is 0.0978. The molecule has 7 heteroatoms. The molecule has 20 heavy (non-hydrogen) atoms. The van der Waals surface area contributed by atoms with Crippen molar-refractivity contribution in [3.8, 4) is 0 Å². The van der Waals surface area contributed by atoms with E-state index in [-0.39, 0.29) is 16.8 Å². The van der Waals surface area contributed by atoms with Crippen LogP contribution >= 0.6 is 11.6 Å². The topological polar surface area (TPSA) is 76.1 Å². The highest BCUT2D eigenvalue weighted by molar-refractivity contribution is 7.94. The number of hydrogen-bond donors (Lipinski definition) is 1. The predicted molar refractivity (Wildman–Crippen MR) is 77.4 cm³/mol. The molecule has 1 aromatic heterocycles. The Hall–Kier alpha value is -1.40. The Balaban J connectivity index is 2.12. The number of halogens is 1. The van der Waals surface area contributed by atoms with Gasteiger partial charge in [0.05, 0.1) is 11.8 Å². The maximum Gasteiger partial charge on any atom is 0.251 e. The minimum atomic E-state index is -3.18. The molecule has 0 aromatic carbocycles. The van der Waals surface area contributed by atoms with Gasteiger partial charge in [-0.1, -0.05) is 24.9 Å². The summed E-state index contributed by atoms with van der Waals surface area (Å²) in [6.45, 7) is 2.01. The van der Waals surface area contributed by atoms with Crippen LogP contribution in [0.25, 0.3) is 0 Å². The molecule has 0 spiro atoms. The third-order valence-corrected chi connectivity index (χ3v) is 4.45. The van der Waals surface area contributed by atoms with E-state index in [1.54, 1.807) is 6.07 Å². The van der Waals surface area contributed by atoms with E-state index in [1.165, 1.54) is 12.1 Å². The lowest BCUT2D eigenvalue weighted by molar-refractivity contribution is 0.0947. The first-order chi connectivity index (χ1) is 9.39. The van der Waals surface area contributed by atoms with Crippen molar-refractivity contribution in [3.05, 3.63) is 40.0 Å². The molecule has 2 rings (SSSR count). The van der Waals surface area contributed by atoms with Crippen LogP contribution < -0.4 is 5.32 Å². The second kappa shape index (κ2) is 5.93. The molecule has 0 radical (unpaired) electrons. The van der Waals surface area contributed by atoms with Gasteiger partial charge in [-0.15, -0.1) is 0 Å². The Morgan fingerprint density at radius 2 is 2.25 bits per heavy atom. The number of nitrogens with zero attached hydrogens (tertiary/aromatic N) is 1. The van der Waals surface area contributed by atoms with E-state index in [0.29, 0.717) is 5.56 Å². The third kappa shape index (κ3) is 3.80. The molecule has 1 aliphatic rings. The van der Waals surface area contributed by atoms with Gasteiger partial charge in [0.2, 0.25) is 0 Å². The third-order valence-electron chi connectivity index (χ3n) is 2.86. The van der Waals surface area contributed by atoms with Gasteiger partial charge in [-0.3, -0.25) is 4.79 Å². The molecule has 0 saturated carbocycles. The van der Waals surface area contributed by atoms with E-state index >= 15 is 0 Å². The van der Waals surface area contributed by atoms with Crippen LogP contribution in [0.1, 0.15) is 29.4 Å². The number of aromatic nitrogens is 1. The molecule has 0 bridgehead atoms. The number of sulfone groups is 1. The monoisotopic (exact) mass is 314 g/mol. The lowest BCUT2D eigenvalue weighted by Crippen LogP contribution is -2.35. The first-order valence-corrected chi connectivity index (χ1v) is 8.37. The fraction of sp³-hybridized carbons (Fsp3) is 0.385. The Morgan fingerprint density at radius 1 is 1.50 bits per heavy atom. The Bertz CT molecular complexity index is 656. The predicted octanol–water partition coefficient (Wildman–Crippen LogP) is 1.73. The van der Waals surface area contributed by atoms with Crippen molar-refractivity contribution in [1.82, 2.24) is 10.3 Å². The summed E-state index contributed by atoms with van der Waals surface area (Å²) in [7, 11) is -3.18. The molecule has 1 atom stereocenters. The quantitative estimate of drug-likeness (QED) is 0.859. The number of pyridine rings is 1. The number of nitrogens with one attached hydrogen (secondary N) is 1. The molecule has 1 unspecified atom stereocenters. The largest absolute Gasteiger partial charge is 0.345 e. The van der Waals surface area contributed by atoms with Gasteiger partial charge in [-0.05, 0) is 24.6 Å². The molecule has 5 nitrogen and oxygen atoms in total. The molecule has 0 aliphatic carbocycles. The van der Waals surface area contributed by atoms with Crippen molar-refractivity contribution in [3.63, 3.8) is 0 Å². The summed E-state index contributed by atoms with van der Waals surface area (Å²) in [6, 6.07) is 2.66. The molecule has 1 N–H and O–H groups in total. The van der Waals surface area contributed by atoms with E-state index < -0.39 is 15.9 Å². The fourth-order valence-corrected chi connectivity index (χ4v) is 3.45. The maximum absolute atomic E-state index is 12.1. The lowest BCUT2D eigenvalue weighted by atomic mass is 10.1. The first kappa shape index (κ1) is 15.0. The number of amides is 1. The fourth-order valence-electron chi connectivity index (χ4n) is 1.98. The van der Waals surface area contributed by atoms with Gasteiger partial charge in [0, 0.05) is 16.7 Å². The number of carbonyl (C=O) groups excluding carboxylic acids is 1. The number of aryl methyl sites for hydroxylation is 1. The second-order valence-electron chi connectivity index (χ2n) is 4.66. The summed E-state index contributed by atoms with van der Waals surface area (Å²) in [4.78, 5) is 16.2. The van der Waals surface area contributed by atoms with E-state index in [0.717, 1.165) is 23.9 Å². The normalized spacial score (nSPS) is 20.0. The molecule has 2 heterocycles. The summed E-state index contributed by atoms with van der Waals surface area (Å²) in [5, 5.41) is 4.04. The van der Waals surface area contributed by atoms with Crippen LogP contribution in [0.2, 0.25) is 5.15 Å². The molecule has 1 aromatic rings. The van der Waals surface area contributed by atoms with Gasteiger partial charge >= 0.3 is 0 Å². The summed E-state index contributed by atoms with van der Waals surface area (Å²) in [6.07, 6.45) is 3.11. The van der Waals surface area contributed by atoms with Crippen molar-refractivity contribution in [2.45, 2.75) is 25.8 Å². The van der Waals surface area contributed by atoms with Gasteiger partial charge in [-0.2, -0.15) is 0 Å². The zero-order chi connectivity index (χ0) is 14.8. The van der Waals surface area contributed by atoms with Crippen LogP contribution in [0.5, 0.6) is 0 Å². The summed E-state index contributed by atoms with van der Waals surface area (Å²) >= 11 is 5.89. The molecule has 1 aliphatic heterocycles. The van der Waals surface area contributed by atoms with Crippen molar-refractivity contribution < 1.29 is 13.2 Å². The maximum atomic E-state index is 12.1. The number of rotatable bonds is 4. The number of hydrogen-bond acceptors (Lipinski definition) is 4. The molecular formula is C13H15ClN2O3S. The first-order valence-electron chi connectivity index (χ1n) is 6.28. The lowest BCUT2D eigenvalue weighted by Gasteiger charge is -2.11. The smallest absolute Gasteiger partial charge is 0.251 e. The molecular weight excluding hydrogens is 300 g/mol. The zero-order valence-electron chi connectivity index (χ0n) is 11.0. The van der Waals surface area contributed by atoms with Crippen LogP contribution in [0.3, 0.4) is 0 Å². The van der Waals surface area contributed by atoms with Gasteiger partial charge < -0.3 is 5.32 Å². The van der Waals surface area contributed by atoms with Crippen molar-refractivity contribution >= 4 is 27.3 Å². The molecule has 1 amide bonds. The minimum Gasteiger partial charge on any atom is -0.345 e. The zero-order valence-corrected chi connectivity index (χ0v) is 12.5. The highest BCUT2D eigenvalue weighted by Gasteiger charge is 2.23. The van der Waals surface area contributed by atoms with E-state index in [4.69, 9.17) is 11.6 Å². The van der Waals surface area contributed by atoms with Crippen LogP contribution in [-0.2, 0) is 16.3 Å². The average Bonchev–Trinajstić information content (AvgIpc) is 2.68. The van der Waals surface area contributed by atoms with Gasteiger partial charge in [0.1, 0.15) is 5.15 Å². The highest BCUT2D eigenvalue weighted by Crippen LogP contribution is 2.14. The Morgan fingerprint density at radius 3 is 2.85 bits per heavy atom. The van der Waals surface area contributed by atoms with Gasteiger partial charge in [0.25, 0.3) is 5.91 Å². The molecule has 0 saturated heterocycles. The van der Waals surface area contributed by atoms with E-state index in [9.17, 15) is 13.2 Å². The second-order valence-corrected chi connectivity index (χ2v) is 6.98. The Kier molecular flexibility index (Phi) is 4.45. The summed E-state index contributed by atoms with van der Waals surface area (Å²) in [5.41, 5.74) is 1.14. The summed E-state index contributed by atoms with van der Waals surface area (Å²) < 4.78 is 22.6. The highest BCUT2D eigenvalue weighted by atomic mass is 35.5. The summed E-state index contributed by atoms with van der Waals surface area (Å²) in [5.74, 6) is -0.447. The average molecular weight is 315 g/mol. The van der Waals surface area contributed by atoms with Crippen LogP contribution in [0, 0.1) is 0 Å². The van der Waals surface area contributed by atoms with Crippen molar-refractivity contribution in [2.75, 3.05) is 5.75 Å². The van der Waals surface area contributed by atoms with Crippen molar-refractivity contribution in [1.29, 1.82) is 0 Å². The van der Waals surface area contributed by atoms with Crippen LogP contribution in [0.4, 0.5) is 0 Å². The molecule has 108 valence electrons. The molecule has 0 fully saturated rings. The van der Waals surface area contributed by atoms with Gasteiger partial charge in [0.15, 0.2) is 9.84 Å². The SMILES string of the molecule is CCCc1cc(C(=O)NC2C=CS(=O)(=O)C2)cc(Cl)n1. The number of carbonyl (C=O) groups is 1. The standard InChI is InChI=1S/C13H15ClN2O3S/c1-2-3-10-6-9(7-12(14)15-10)13(17)16-11-4-5-20(18,19)8-11/h4-7,11H,2-3,8H2,1H3,(H,16,17). The Labute approximate surface area is 123 Å². The van der Waals surface area contributed by atoms with Crippen LogP contribution in [-0.4, -0.2) is 31.1 Å². The van der Waals surface area contributed by atoms with Crippen LogP contribution in [0.15, 0.2) is 23.6 Å². The van der Waals surface area contributed by atoms with Gasteiger partial charge in [-0.25, -0.2) is 13.4 Å². The van der Waals surface area contributed by atoms with Crippen molar-refractivity contribution in [2.24, 2.45) is 0 Å². The van der Waals surface area contributed by atoms with E-state index in [2.05, 4.69) is 10.3 Å².